The second-order valence-corrected chi connectivity index (χ2v) is 5.00. The quantitative estimate of drug-likeness (QED) is 0.849. The Morgan fingerprint density at radius 1 is 1.33 bits per heavy atom. The number of hydrogen-bond donors (Lipinski definition) is 1. The summed E-state index contributed by atoms with van der Waals surface area (Å²) in [5, 5.41) is 3.83. The summed E-state index contributed by atoms with van der Waals surface area (Å²) in [4.78, 5) is 12.1. The minimum Gasteiger partial charge on any atom is -0.493 e. The van der Waals surface area contributed by atoms with Crippen molar-refractivity contribution in [2.75, 3.05) is 19.5 Å². The average molecular weight is 314 g/mol. The Morgan fingerprint density at radius 3 is 2.50 bits per heavy atom. The fraction of sp³-hybridized carbons (Fsp3) is 0.462. The third kappa shape index (κ3) is 2.61. The SMILES string of the molecule is COc1ccc(C(=O)NC2(CBr)CC2)cc1OC. The second kappa shape index (κ2) is 5.18. The molecule has 0 atom stereocenters. The third-order valence-electron chi connectivity index (χ3n) is 3.13. The number of benzene rings is 1. The van der Waals surface area contributed by atoms with Crippen LogP contribution in [0.3, 0.4) is 0 Å². The zero-order valence-corrected chi connectivity index (χ0v) is 12.0. The number of amides is 1. The average Bonchev–Trinajstić information content (AvgIpc) is 3.18. The van der Waals surface area contributed by atoms with E-state index in [2.05, 4.69) is 21.2 Å². The van der Waals surface area contributed by atoms with Crippen LogP contribution < -0.4 is 14.8 Å². The van der Waals surface area contributed by atoms with E-state index in [4.69, 9.17) is 9.47 Å². The monoisotopic (exact) mass is 313 g/mol. The summed E-state index contributed by atoms with van der Waals surface area (Å²) >= 11 is 3.43. The first-order valence-electron chi connectivity index (χ1n) is 5.74. The highest BCUT2D eigenvalue weighted by Crippen LogP contribution is 2.37. The number of alkyl halides is 1. The van der Waals surface area contributed by atoms with Gasteiger partial charge >= 0.3 is 0 Å². The molecule has 98 valence electrons. The maximum Gasteiger partial charge on any atom is 0.251 e. The van der Waals surface area contributed by atoms with Crippen molar-refractivity contribution in [1.29, 1.82) is 0 Å². The maximum atomic E-state index is 12.1. The Hall–Kier alpha value is -1.23. The minimum absolute atomic E-state index is 0.0513. The second-order valence-electron chi connectivity index (χ2n) is 4.44. The summed E-state index contributed by atoms with van der Waals surface area (Å²) in [6.07, 6.45) is 2.05. The van der Waals surface area contributed by atoms with Crippen molar-refractivity contribution in [3.8, 4) is 11.5 Å². The number of hydrogen-bond acceptors (Lipinski definition) is 3. The van der Waals surface area contributed by atoms with Crippen molar-refractivity contribution in [2.45, 2.75) is 18.4 Å². The van der Waals surface area contributed by atoms with Crippen LogP contribution in [0.2, 0.25) is 0 Å². The molecule has 1 aromatic rings. The molecule has 0 aromatic heterocycles. The molecule has 0 bridgehead atoms. The van der Waals surface area contributed by atoms with Crippen LogP contribution in [0.4, 0.5) is 0 Å². The molecule has 1 saturated carbocycles. The van der Waals surface area contributed by atoms with Crippen LogP contribution in [0.15, 0.2) is 18.2 Å². The molecule has 5 heteroatoms. The standard InChI is InChI=1S/C13H16BrNO3/c1-17-10-4-3-9(7-11(10)18-2)12(16)15-13(8-14)5-6-13/h3-4,7H,5-6,8H2,1-2H3,(H,15,16). The lowest BCUT2D eigenvalue weighted by Gasteiger charge is -2.15. The molecule has 0 aliphatic heterocycles. The van der Waals surface area contributed by atoms with Gasteiger partial charge in [-0.2, -0.15) is 0 Å². The van der Waals surface area contributed by atoms with E-state index in [0.717, 1.165) is 18.2 Å². The lowest BCUT2D eigenvalue weighted by atomic mass is 10.1. The summed E-state index contributed by atoms with van der Waals surface area (Å²) in [5.41, 5.74) is 0.532. The fourth-order valence-corrected chi connectivity index (χ4v) is 2.43. The number of halogens is 1. The van der Waals surface area contributed by atoms with E-state index in [9.17, 15) is 4.79 Å². The number of carbonyl (C=O) groups is 1. The van der Waals surface area contributed by atoms with Crippen molar-refractivity contribution in [3.05, 3.63) is 23.8 Å². The molecule has 1 aliphatic rings. The normalized spacial score (nSPS) is 15.9. The van der Waals surface area contributed by atoms with E-state index in [-0.39, 0.29) is 11.4 Å². The lowest BCUT2D eigenvalue weighted by Crippen LogP contribution is -2.38. The molecule has 1 aliphatic carbocycles. The van der Waals surface area contributed by atoms with Crippen LogP contribution in [0.5, 0.6) is 11.5 Å². The molecule has 0 heterocycles. The Balaban J connectivity index is 2.15. The van der Waals surface area contributed by atoms with Gasteiger partial charge in [-0.05, 0) is 31.0 Å². The van der Waals surface area contributed by atoms with Crippen LogP contribution >= 0.6 is 15.9 Å². The first-order chi connectivity index (χ1) is 8.64. The van der Waals surface area contributed by atoms with Crippen LogP contribution in [0.1, 0.15) is 23.2 Å². The fourth-order valence-electron chi connectivity index (χ4n) is 1.73. The van der Waals surface area contributed by atoms with Crippen molar-refractivity contribution in [3.63, 3.8) is 0 Å². The van der Waals surface area contributed by atoms with Crippen molar-refractivity contribution in [1.82, 2.24) is 5.32 Å². The zero-order chi connectivity index (χ0) is 13.2. The van der Waals surface area contributed by atoms with Crippen LogP contribution in [0, 0.1) is 0 Å². The highest BCUT2D eigenvalue weighted by molar-refractivity contribution is 9.09. The summed E-state index contributed by atoms with van der Waals surface area (Å²) < 4.78 is 10.3. The molecule has 0 spiro atoms. The molecule has 0 radical (unpaired) electrons. The van der Waals surface area contributed by atoms with E-state index in [1.165, 1.54) is 0 Å². The summed E-state index contributed by atoms with van der Waals surface area (Å²) in [7, 11) is 3.13. The number of rotatable bonds is 5. The molecule has 0 unspecified atom stereocenters. The van der Waals surface area contributed by atoms with E-state index >= 15 is 0 Å². The first kappa shape index (κ1) is 13.2. The minimum atomic E-state index is -0.0760. The van der Waals surface area contributed by atoms with Crippen LogP contribution in [-0.4, -0.2) is 31.0 Å². The predicted molar refractivity (Wildman–Crippen MR) is 72.8 cm³/mol. The smallest absolute Gasteiger partial charge is 0.251 e. The highest BCUT2D eigenvalue weighted by Gasteiger charge is 2.43. The molecule has 4 nitrogen and oxygen atoms in total. The van der Waals surface area contributed by atoms with Crippen molar-refractivity contribution in [2.24, 2.45) is 0 Å². The Labute approximate surface area is 115 Å². The van der Waals surface area contributed by atoms with Gasteiger partial charge in [0.1, 0.15) is 0 Å². The molecule has 1 N–H and O–H groups in total. The van der Waals surface area contributed by atoms with Gasteiger partial charge in [-0.3, -0.25) is 4.79 Å². The summed E-state index contributed by atoms with van der Waals surface area (Å²) in [6, 6.07) is 5.17. The number of nitrogens with one attached hydrogen (secondary N) is 1. The van der Waals surface area contributed by atoms with Gasteiger partial charge in [0.05, 0.1) is 19.8 Å². The highest BCUT2D eigenvalue weighted by atomic mass is 79.9. The van der Waals surface area contributed by atoms with Gasteiger partial charge in [-0.25, -0.2) is 0 Å². The maximum absolute atomic E-state index is 12.1. The van der Waals surface area contributed by atoms with Gasteiger partial charge in [0, 0.05) is 10.9 Å². The van der Waals surface area contributed by atoms with Gasteiger partial charge in [-0.1, -0.05) is 15.9 Å². The Kier molecular flexibility index (Phi) is 3.80. The molecule has 0 saturated heterocycles. The topological polar surface area (TPSA) is 47.6 Å². The van der Waals surface area contributed by atoms with Crippen molar-refractivity contribution < 1.29 is 14.3 Å². The van der Waals surface area contributed by atoms with Crippen molar-refractivity contribution >= 4 is 21.8 Å². The molecule has 2 rings (SSSR count). The Morgan fingerprint density at radius 2 is 2.00 bits per heavy atom. The van der Waals surface area contributed by atoms with Gasteiger partial charge in [0.25, 0.3) is 5.91 Å². The molecule has 1 amide bonds. The number of carbonyl (C=O) groups excluding carboxylic acids is 1. The lowest BCUT2D eigenvalue weighted by molar-refractivity contribution is 0.0936. The third-order valence-corrected chi connectivity index (χ3v) is 4.21. The number of methoxy groups -OCH3 is 2. The molecule has 18 heavy (non-hydrogen) atoms. The van der Waals surface area contributed by atoms with Gasteiger partial charge < -0.3 is 14.8 Å². The van der Waals surface area contributed by atoms with Crippen LogP contribution in [0.25, 0.3) is 0 Å². The van der Waals surface area contributed by atoms with Gasteiger partial charge in [0.2, 0.25) is 0 Å². The summed E-state index contributed by atoms with van der Waals surface area (Å²) in [6.45, 7) is 0. The predicted octanol–water partition coefficient (Wildman–Crippen LogP) is 2.36. The number of ether oxygens (including phenoxy) is 2. The van der Waals surface area contributed by atoms with Gasteiger partial charge in [-0.15, -0.1) is 0 Å². The van der Waals surface area contributed by atoms with E-state index in [0.29, 0.717) is 17.1 Å². The molecular formula is C13H16BrNO3. The zero-order valence-electron chi connectivity index (χ0n) is 10.5. The van der Waals surface area contributed by atoms with Crippen LogP contribution in [-0.2, 0) is 0 Å². The van der Waals surface area contributed by atoms with E-state index < -0.39 is 0 Å². The molecular weight excluding hydrogens is 298 g/mol. The molecule has 1 aromatic carbocycles. The van der Waals surface area contributed by atoms with E-state index in [1.807, 2.05) is 0 Å². The summed E-state index contributed by atoms with van der Waals surface area (Å²) in [5.74, 6) is 1.11. The molecule has 1 fully saturated rings. The van der Waals surface area contributed by atoms with Gasteiger partial charge in [0.15, 0.2) is 11.5 Å². The Bertz CT molecular complexity index is 458. The first-order valence-corrected chi connectivity index (χ1v) is 6.87. The van der Waals surface area contributed by atoms with E-state index in [1.54, 1.807) is 32.4 Å². The largest absolute Gasteiger partial charge is 0.493 e.